The second-order valence-electron chi connectivity index (χ2n) is 5.75. The van der Waals surface area contributed by atoms with E-state index in [0.717, 1.165) is 12.8 Å². The van der Waals surface area contributed by atoms with E-state index in [1.165, 1.54) is 0 Å². The zero-order chi connectivity index (χ0) is 14.1. The lowest BCUT2D eigenvalue weighted by Crippen LogP contribution is -2.61. The van der Waals surface area contributed by atoms with Gasteiger partial charge >= 0.3 is 5.97 Å². The van der Waals surface area contributed by atoms with Gasteiger partial charge in [0.25, 0.3) is 0 Å². The summed E-state index contributed by atoms with van der Waals surface area (Å²) in [4.78, 5) is 25.5. The molecule has 0 aromatic heterocycles. The third-order valence-corrected chi connectivity index (χ3v) is 4.70. The van der Waals surface area contributed by atoms with Crippen LogP contribution in [0.2, 0.25) is 0 Å². The number of likely N-dealkylation sites (tertiary alicyclic amines) is 1. The van der Waals surface area contributed by atoms with Crippen molar-refractivity contribution in [2.45, 2.75) is 65.5 Å². The molecular weight excluding hydrogens is 230 g/mol. The molecule has 0 saturated carbocycles. The van der Waals surface area contributed by atoms with Gasteiger partial charge in [-0.2, -0.15) is 0 Å². The number of amides is 1. The standard InChI is InChI=1S/C14H25NO3/c1-6-14(5,7-2)15-10(4)12(13(17)18)9(3)8-11(15)16/h9-10,12H,6-8H2,1-5H3,(H,17,18). The number of nitrogens with zero attached hydrogens (tertiary/aromatic N) is 1. The smallest absolute Gasteiger partial charge is 0.308 e. The fraction of sp³-hybridized carbons (Fsp3) is 0.857. The van der Waals surface area contributed by atoms with Crippen LogP contribution in [0.4, 0.5) is 0 Å². The number of carbonyl (C=O) groups is 2. The first-order valence-electron chi connectivity index (χ1n) is 6.83. The molecule has 1 heterocycles. The van der Waals surface area contributed by atoms with Crippen molar-refractivity contribution in [3.63, 3.8) is 0 Å². The molecule has 3 atom stereocenters. The van der Waals surface area contributed by atoms with Crippen LogP contribution in [-0.4, -0.2) is 33.5 Å². The maximum absolute atomic E-state index is 12.3. The number of piperidine rings is 1. The Labute approximate surface area is 109 Å². The average Bonchev–Trinajstić information content (AvgIpc) is 2.27. The van der Waals surface area contributed by atoms with E-state index < -0.39 is 11.9 Å². The number of hydrogen-bond acceptors (Lipinski definition) is 2. The molecule has 1 rings (SSSR count). The van der Waals surface area contributed by atoms with Gasteiger partial charge in [-0.1, -0.05) is 20.8 Å². The molecule has 0 aliphatic carbocycles. The molecule has 1 saturated heterocycles. The predicted octanol–water partition coefficient (Wildman–Crippen LogP) is 2.52. The summed E-state index contributed by atoms with van der Waals surface area (Å²) in [5.74, 6) is -1.24. The fourth-order valence-corrected chi connectivity index (χ4v) is 3.20. The largest absolute Gasteiger partial charge is 0.481 e. The minimum atomic E-state index is -0.790. The number of aliphatic carboxylic acids is 1. The summed E-state index contributed by atoms with van der Waals surface area (Å²) >= 11 is 0. The van der Waals surface area contributed by atoms with Crippen LogP contribution in [0.1, 0.15) is 53.9 Å². The Morgan fingerprint density at radius 3 is 2.28 bits per heavy atom. The summed E-state index contributed by atoms with van der Waals surface area (Å²) in [6.45, 7) is 9.89. The zero-order valence-corrected chi connectivity index (χ0v) is 12.1. The van der Waals surface area contributed by atoms with Gasteiger partial charge in [0.05, 0.1) is 5.92 Å². The summed E-state index contributed by atoms with van der Waals surface area (Å²) < 4.78 is 0. The number of rotatable bonds is 4. The van der Waals surface area contributed by atoms with Crippen molar-refractivity contribution < 1.29 is 14.7 Å². The Bertz CT molecular complexity index is 336. The highest BCUT2D eigenvalue weighted by molar-refractivity contribution is 5.82. The summed E-state index contributed by atoms with van der Waals surface area (Å²) in [6.07, 6.45) is 2.04. The van der Waals surface area contributed by atoms with Crippen molar-refractivity contribution in [1.29, 1.82) is 0 Å². The van der Waals surface area contributed by atoms with E-state index in [0.29, 0.717) is 6.42 Å². The van der Waals surface area contributed by atoms with Gasteiger partial charge < -0.3 is 10.0 Å². The van der Waals surface area contributed by atoms with Gasteiger partial charge in [0, 0.05) is 18.0 Å². The summed E-state index contributed by atoms with van der Waals surface area (Å²) in [5.41, 5.74) is -0.232. The van der Waals surface area contributed by atoms with Crippen LogP contribution in [0.3, 0.4) is 0 Å². The van der Waals surface area contributed by atoms with Crippen LogP contribution >= 0.6 is 0 Å². The molecule has 1 fully saturated rings. The van der Waals surface area contributed by atoms with Crippen molar-refractivity contribution in [3.8, 4) is 0 Å². The van der Waals surface area contributed by atoms with E-state index >= 15 is 0 Å². The first-order valence-corrected chi connectivity index (χ1v) is 6.83. The number of carboxylic acid groups (broad SMARTS) is 1. The Kier molecular flexibility index (Phi) is 4.41. The third-order valence-electron chi connectivity index (χ3n) is 4.70. The molecule has 4 nitrogen and oxygen atoms in total. The van der Waals surface area contributed by atoms with Gasteiger partial charge in [0.15, 0.2) is 0 Å². The van der Waals surface area contributed by atoms with Crippen molar-refractivity contribution in [2.24, 2.45) is 11.8 Å². The minimum Gasteiger partial charge on any atom is -0.481 e. The highest BCUT2D eigenvalue weighted by atomic mass is 16.4. The number of hydrogen-bond donors (Lipinski definition) is 1. The molecule has 3 unspecified atom stereocenters. The molecule has 1 aliphatic rings. The van der Waals surface area contributed by atoms with Gasteiger partial charge in [-0.3, -0.25) is 9.59 Å². The van der Waals surface area contributed by atoms with E-state index in [1.54, 1.807) is 0 Å². The first kappa shape index (κ1) is 15.0. The highest BCUT2D eigenvalue weighted by Gasteiger charge is 2.47. The Morgan fingerprint density at radius 2 is 1.89 bits per heavy atom. The summed E-state index contributed by atoms with van der Waals surface area (Å²) in [6, 6.07) is -0.233. The van der Waals surface area contributed by atoms with E-state index in [4.69, 9.17) is 0 Å². The molecule has 0 spiro atoms. The van der Waals surface area contributed by atoms with Crippen molar-refractivity contribution >= 4 is 11.9 Å². The van der Waals surface area contributed by atoms with Crippen LogP contribution < -0.4 is 0 Å². The number of carbonyl (C=O) groups excluding carboxylic acids is 1. The van der Waals surface area contributed by atoms with E-state index in [9.17, 15) is 14.7 Å². The average molecular weight is 255 g/mol. The molecular formula is C14H25NO3. The molecule has 104 valence electrons. The summed E-state index contributed by atoms with van der Waals surface area (Å²) in [7, 11) is 0. The molecule has 0 radical (unpaired) electrons. The molecule has 1 aliphatic heterocycles. The first-order chi connectivity index (χ1) is 8.28. The van der Waals surface area contributed by atoms with Gasteiger partial charge in [-0.25, -0.2) is 0 Å². The molecule has 0 aromatic rings. The normalized spacial score (nSPS) is 29.5. The van der Waals surface area contributed by atoms with Gasteiger partial charge in [-0.15, -0.1) is 0 Å². The summed E-state index contributed by atoms with van der Waals surface area (Å²) in [5, 5.41) is 9.36. The van der Waals surface area contributed by atoms with Crippen molar-refractivity contribution in [2.75, 3.05) is 0 Å². The monoisotopic (exact) mass is 255 g/mol. The third kappa shape index (κ3) is 2.38. The Morgan fingerprint density at radius 1 is 1.39 bits per heavy atom. The lowest BCUT2D eigenvalue weighted by molar-refractivity contribution is -0.161. The second kappa shape index (κ2) is 5.29. The van der Waals surface area contributed by atoms with Crippen LogP contribution in [0.25, 0.3) is 0 Å². The predicted molar refractivity (Wildman–Crippen MR) is 70.2 cm³/mol. The van der Waals surface area contributed by atoms with Gasteiger partial charge in [-0.05, 0) is 32.6 Å². The quantitative estimate of drug-likeness (QED) is 0.839. The molecule has 1 amide bonds. The maximum Gasteiger partial charge on any atom is 0.308 e. The lowest BCUT2D eigenvalue weighted by atomic mass is 9.77. The lowest BCUT2D eigenvalue weighted by Gasteiger charge is -2.50. The van der Waals surface area contributed by atoms with Crippen molar-refractivity contribution in [3.05, 3.63) is 0 Å². The molecule has 0 bridgehead atoms. The zero-order valence-electron chi connectivity index (χ0n) is 12.1. The molecule has 18 heavy (non-hydrogen) atoms. The Balaban J connectivity index is 3.11. The molecule has 4 heteroatoms. The molecule has 0 aromatic carbocycles. The van der Waals surface area contributed by atoms with E-state index in [1.807, 2.05) is 18.7 Å². The van der Waals surface area contributed by atoms with Crippen molar-refractivity contribution in [1.82, 2.24) is 4.90 Å². The highest BCUT2D eigenvalue weighted by Crippen LogP contribution is 2.37. The van der Waals surface area contributed by atoms with Crippen LogP contribution in [0.5, 0.6) is 0 Å². The second-order valence-corrected chi connectivity index (χ2v) is 5.75. The Hall–Kier alpha value is -1.06. The number of carboxylic acids is 1. The van der Waals surface area contributed by atoms with Crippen LogP contribution in [0.15, 0.2) is 0 Å². The maximum atomic E-state index is 12.3. The van der Waals surface area contributed by atoms with Crippen LogP contribution in [-0.2, 0) is 9.59 Å². The van der Waals surface area contributed by atoms with Gasteiger partial charge in [0.1, 0.15) is 0 Å². The van der Waals surface area contributed by atoms with E-state index in [-0.39, 0.29) is 23.4 Å². The topological polar surface area (TPSA) is 57.6 Å². The van der Waals surface area contributed by atoms with Crippen LogP contribution in [0, 0.1) is 11.8 Å². The molecule has 1 N–H and O–H groups in total. The fourth-order valence-electron chi connectivity index (χ4n) is 3.20. The SMILES string of the molecule is CCC(C)(CC)N1C(=O)CC(C)C(C(=O)O)C1C. The van der Waals surface area contributed by atoms with E-state index in [2.05, 4.69) is 20.8 Å². The van der Waals surface area contributed by atoms with Gasteiger partial charge in [0.2, 0.25) is 5.91 Å². The minimum absolute atomic E-state index is 0.0841.